The van der Waals surface area contributed by atoms with E-state index in [-0.39, 0.29) is 12.5 Å². The molecule has 2 aromatic carbocycles. The Labute approximate surface area is 232 Å². The summed E-state index contributed by atoms with van der Waals surface area (Å²) in [5, 5.41) is 3.67. The lowest BCUT2D eigenvalue weighted by Gasteiger charge is -2.26. The molecule has 0 radical (unpaired) electrons. The standard InChI is InChI=1S/C30H33N5O5/c1-34(2)29(36)24-16-20(8-9-26(24)33-30(37)40-15-12-35-10-13-39-14-11-35)21-17-23-25(19-32-28(23)31-18-21)22-6-4-5-7-27(22)38-3/h4-9,16-19H,10-15H2,1-3H3,(H,31,32)(H,33,37). The number of hydrogen-bond acceptors (Lipinski definition) is 7. The first-order valence-electron chi connectivity index (χ1n) is 13.1. The number of methoxy groups -OCH3 is 1. The number of carbonyl (C=O) groups excluding carboxylic acids is 2. The quantitative estimate of drug-likeness (QED) is 0.337. The van der Waals surface area contributed by atoms with E-state index in [9.17, 15) is 9.59 Å². The molecule has 3 heterocycles. The van der Waals surface area contributed by atoms with Crippen LogP contribution in [0.2, 0.25) is 0 Å². The van der Waals surface area contributed by atoms with Crippen LogP contribution < -0.4 is 10.1 Å². The molecule has 0 aliphatic carbocycles. The molecular formula is C30H33N5O5. The number of anilines is 1. The zero-order valence-corrected chi connectivity index (χ0v) is 22.9. The Hall–Kier alpha value is -4.41. The van der Waals surface area contributed by atoms with E-state index < -0.39 is 6.09 Å². The van der Waals surface area contributed by atoms with Gasteiger partial charge in [0, 0.05) is 68.2 Å². The highest BCUT2D eigenvalue weighted by Crippen LogP contribution is 2.36. The lowest BCUT2D eigenvalue weighted by molar-refractivity contribution is 0.0290. The predicted octanol–water partition coefficient (Wildman–Crippen LogP) is 4.49. The van der Waals surface area contributed by atoms with Gasteiger partial charge in [0.25, 0.3) is 5.91 Å². The van der Waals surface area contributed by atoms with Crippen molar-refractivity contribution < 1.29 is 23.8 Å². The average molecular weight is 544 g/mol. The summed E-state index contributed by atoms with van der Waals surface area (Å²) in [5.74, 6) is 0.524. The average Bonchev–Trinajstić information content (AvgIpc) is 3.40. The number of rotatable bonds is 8. The van der Waals surface area contributed by atoms with Gasteiger partial charge < -0.3 is 24.1 Å². The predicted molar refractivity (Wildman–Crippen MR) is 154 cm³/mol. The van der Waals surface area contributed by atoms with Gasteiger partial charge in [-0.3, -0.25) is 15.0 Å². The van der Waals surface area contributed by atoms with Crippen LogP contribution in [-0.4, -0.2) is 92.4 Å². The number of aromatic amines is 1. The van der Waals surface area contributed by atoms with Crippen LogP contribution in [0.25, 0.3) is 33.3 Å². The number of H-pyrrole nitrogens is 1. The van der Waals surface area contributed by atoms with Gasteiger partial charge in [-0.2, -0.15) is 0 Å². The number of aromatic nitrogens is 2. The van der Waals surface area contributed by atoms with Gasteiger partial charge in [0.15, 0.2) is 0 Å². The fourth-order valence-corrected chi connectivity index (χ4v) is 4.74. The van der Waals surface area contributed by atoms with Crippen LogP contribution in [0.3, 0.4) is 0 Å². The number of hydrogen-bond donors (Lipinski definition) is 2. The van der Waals surface area contributed by atoms with E-state index in [0.717, 1.165) is 52.1 Å². The number of para-hydroxylation sites is 1. The molecule has 1 aliphatic heterocycles. The van der Waals surface area contributed by atoms with Crippen LogP contribution in [-0.2, 0) is 9.47 Å². The zero-order valence-electron chi connectivity index (χ0n) is 22.9. The van der Waals surface area contributed by atoms with Crippen LogP contribution in [0.15, 0.2) is 60.9 Å². The largest absolute Gasteiger partial charge is 0.496 e. The van der Waals surface area contributed by atoms with Crippen molar-refractivity contribution in [3.63, 3.8) is 0 Å². The molecule has 10 nitrogen and oxygen atoms in total. The first kappa shape index (κ1) is 27.2. The van der Waals surface area contributed by atoms with Crippen molar-refractivity contribution in [1.82, 2.24) is 19.8 Å². The van der Waals surface area contributed by atoms with E-state index in [1.165, 1.54) is 4.90 Å². The van der Waals surface area contributed by atoms with Crippen LogP contribution >= 0.6 is 0 Å². The Morgan fingerprint density at radius 3 is 2.65 bits per heavy atom. The Morgan fingerprint density at radius 1 is 1.07 bits per heavy atom. The molecular weight excluding hydrogens is 510 g/mol. The van der Waals surface area contributed by atoms with Gasteiger partial charge in [0.1, 0.15) is 18.0 Å². The lowest BCUT2D eigenvalue weighted by Crippen LogP contribution is -2.38. The molecule has 0 atom stereocenters. The number of morpholine rings is 1. The molecule has 10 heteroatoms. The number of pyridine rings is 1. The van der Waals surface area contributed by atoms with E-state index in [2.05, 4.69) is 20.2 Å². The van der Waals surface area contributed by atoms with Crippen LogP contribution in [0.1, 0.15) is 10.4 Å². The van der Waals surface area contributed by atoms with E-state index in [4.69, 9.17) is 14.2 Å². The minimum atomic E-state index is -0.606. The molecule has 2 aromatic heterocycles. The zero-order chi connectivity index (χ0) is 28.1. The molecule has 0 bridgehead atoms. The summed E-state index contributed by atoms with van der Waals surface area (Å²) in [6.45, 7) is 3.88. The summed E-state index contributed by atoms with van der Waals surface area (Å²) in [5.41, 5.74) is 5.01. The molecule has 208 valence electrons. The van der Waals surface area contributed by atoms with Crippen molar-refractivity contribution in [3.8, 4) is 28.0 Å². The number of fused-ring (bicyclic) bond motifs is 1. The molecule has 0 unspecified atom stereocenters. The highest BCUT2D eigenvalue weighted by molar-refractivity contribution is 6.04. The molecule has 1 fully saturated rings. The van der Waals surface area contributed by atoms with Gasteiger partial charge in [-0.15, -0.1) is 0 Å². The van der Waals surface area contributed by atoms with Gasteiger partial charge in [0.2, 0.25) is 0 Å². The molecule has 2 N–H and O–H groups in total. The van der Waals surface area contributed by atoms with Gasteiger partial charge in [-0.1, -0.05) is 24.3 Å². The van der Waals surface area contributed by atoms with Gasteiger partial charge in [-0.05, 0) is 29.8 Å². The third-order valence-electron chi connectivity index (χ3n) is 6.90. The van der Waals surface area contributed by atoms with Gasteiger partial charge >= 0.3 is 6.09 Å². The second-order valence-electron chi connectivity index (χ2n) is 9.70. The molecule has 2 amide bonds. The van der Waals surface area contributed by atoms with Crippen molar-refractivity contribution in [3.05, 3.63) is 66.5 Å². The summed E-state index contributed by atoms with van der Waals surface area (Å²) >= 11 is 0. The Balaban J connectivity index is 1.40. The Bertz CT molecular complexity index is 1510. The topological polar surface area (TPSA) is 109 Å². The maximum atomic E-state index is 13.1. The van der Waals surface area contributed by atoms with Crippen LogP contribution in [0.5, 0.6) is 5.75 Å². The molecule has 4 aromatic rings. The smallest absolute Gasteiger partial charge is 0.411 e. The number of amides is 2. The second-order valence-corrected chi connectivity index (χ2v) is 9.70. The maximum absolute atomic E-state index is 13.1. The van der Waals surface area contributed by atoms with Crippen molar-refractivity contribution >= 4 is 28.7 Å². The highest BCUT2D eigenvalue weighted by Gasteiger charge is 2.19. The Kier molecular flexibility index (Phi) is 8.28. The monoisotopic (exact) mass is 543 g/mol. The summed E-state index contributed by atoms with van der Waals surface area (Å²) in [4.78, 5) is 37.2. The molecule has 1 saturated heterocycles. The van der Waals surface area contributed by atoms with Gasteiger partial charge in [-0.25, -0.2) is 9.78 Å². The molecule has 5 rings (SSSR count). The molecule has 0 spiro atoms. The van der Waals surface area contributed by atoms with E-state index >= 15 is 0 Å². The fraction of sp³-hybridized carbons (Fsp3) is 0.300. The summed E-state index contributed by atoms with van der Waals surface area (Å²) in [6.07, 6.45) is 3.07. The van der Waals surface area contributed by atoms with Crippen molar-refractivity contribution in [2.75, 3.05) is 66.0 Å². The van der Waals surface area contributed by atoms with E-state index in [1.807, 2.05) is 42.6 Å². The summed E-state index contributed by atoms with van der Waals surface area (Å²) in [7, 11) is 4.99. The van der Waals surface area contributed by atoms with Gasteiger partial charge in [0.05, 0.1) is 31.6 Å². The summed E-state index contributed by atoms with van der Waals surface area (Å²) < 4.78 is 16.3. The number of carbonyl (C=O) groups is 2. The number of benzene rings is 2. The Morgan fingerprint density at radius 2 is 1.88 bits per heavy atom. The molecule has 1 aliphatic rings. The third kappa shape index (κ3) is 5.93. The first-order chi connectivity index (χ1) is 19.4. The number of nitrogens with zero attached hydrogens (tertiary/aromatic N) is 3. The number of nitrogens with one attached hydrogen (secondary N) is 2. The number of ether oxygens (including phenoxy) is 3. The van der Waals surface area contributed by atoms with Crippen LogP contribution in [0.4, 0.5) is 10.5 Å². The first-order valence-corrected chi connectivity index (χ1v) is 13.1. The second kappa shape index (κ2) is 12.2. The van der Waals surface area contributed by atoms with E-state index in [1.54, 1.807) is 39.5 Å². The molecule has 40 heavy (non-hydrogen) atoms. The minimum Gasteiger partial charge on any atom is -0.496 e. The maximum Gasteiger partial charge on any atom is 0.411 e. The van der Waals surface area contributed by atoms with Crippen molar-refractivity contribution in [1.29, 1.82) is 0 Å². The fourth-order valence-electron chi connectivity index (χ4n) is 4.74. The normalized spacial score (nSPS) is 13.7. The third-order valence-corrected chi connectivity index (χ3v) is 6.90. The van der Waals surface area contributed by atoms with Crippen molar-refractivity contribution in [2.45, 2.75) is 0 Å². The lowest BCUT2D eigenvalue weighted by atomic mass is 9.99. The van der Waals surface area contributed by atoms with Crippen LogP contribution in [0, 0.1) is 0 Å². The van der Waals surface area contributed by atoms with Crippen molar-refractivity contribution in [2.24, 2.45) is 0 Å². The molecule has 0 saturated carbocycles. The van der Waals surface area contributed by atoms with E-state index in [0.29, 0.717) is 31.0 Å². The summed E-state index contributed by atoms with van der Waals surface area (Å²) in [6, 6.07) is 15.2. The highest BCUT2D eigenvalue weighted by atomic mass is 16.5. The SMILES string of the molecule is COc1ccccc1-c1c[nH]c2ncc(-c3ccc(NC(=O)OCCN4CCOCC4)c(C(=O)N(C)C)c3)cc12. The minimum absolute atomic E-state index is 0.240.